The quantitative estimate of drug-likeness (QED) is 0.806. The summed E-state index contributed by atoms with van der Waals surface area (Å²) in [5.74, 6) is -0.0144. The molecule has 0 aliphatic rings. The zero-order chi connectivity index (χ0) is 16.2. The number of aromatic nitrogens is 3. The molecule has 1 heterocycles. The first kappa shape index (κ1) is 15.0. The summed E-state index contributed by atoms with van der Waals surface area (Å²) in [5, 5.41) is 10.7. The highest BCUT2D eigenvalue weighted by molar-refractivity contribution is 5.94. The topological polar surface area (TPSA) is 59.8 Å². The van der Waals surface area contributed by atoms with Crippen LogP contribution in [0.4, 0.5) is 5.69 Å². The molecule has 0 bridgehead atoms. The van der Waals surface area contributed by atoms with Crippen molar-refractivity contribution in [2.45, 2.75) is 20.3 Å². The highest BCUT2D eigenvalue weighted by atomic mass is 16.1. The van der Waals surface area contributed by atoms with E-state index in [-0.39, 0.29) is 5.91 Å². The minimum Gasteiger partial charge on any atom is -0.325 e. The lowest BCUT2D eigenvalue weighted by Crippen LogP contribution is -2.16. The third kappa shape index (κ3) is 3.45. The van der Waals surface area contributed by atoms with Gasteiger partial charge in [0.2, 0.25) is 5.91 Å². The van der Waals surface area contributed by atoms with E-state index in [0.717, 1.165) is 28.1 Å². The van der Waals surface area contributed by atoms with Crippen molar-refractivity contribution in [3.05, 3.63) is 71.8 Å². The number of anilines is 1. The maximum Gasteiger partial charge on any atom is 0.228 e. The highest BCUT2D eigenvalue weighted by Gasteiger charge is 2.10. The lowest BCUT2D eigenvalue weighted by molar-refractivity contribution is -0.115. The second-order valence-electron chi connectivity index (χ2n) is 5.53. The fourth-order valence-electron chi connectivity index (χ4n) is 2.59. The van der Waals surface area contributed by atoms with Gasteiger partial charge in [0.1, 0.15) is 12.7 Å². The first-order valence-corrected chi connectivity index (χ1v) is 7.43. The van der Waals surface area contributed by atoms with E-state index in [1.165, 1.54) is 0 Å². The molecule has 3 aromatic rings. The first-order valence-electron chi connectivity index (χ1n) is 7.43. The number of rotatable bonds is 4. The highest BCUT2D eigenvalue weighted by Crippen LogP contribution is 2.24. The van der Waals surface area contributed by atoms with Crippen molar-refractivity contribution in [1.82, 2.24) is 14.8 Å². The van der Waals surface area contributed by atoms with Gasteiger partial charge < -0.3 is 5.32 Å². The molecule has 0 radical (unpaired) electrons. The minimum absolute atomic E-state index is 0.0144. The van der Waals surface area contributed by atoms with Crippen LogP contribution in [0.25, 0.3) is 5.69 Å². The molecule has 0 saturated heterocycles. The molecule has 5 heteroatoms. The van der Waals surface area contributed by atoms with Crippen LogP contribution in [0.2, 0.25) is 0 Å². The van der Waals surface area contributed by atoms with E-state index in [4.69, 9.17) is 0 Å². The first-order chi connectivity index (χ1) is 11.1. The van der Waals surface area contributed by atoms with Gasteiger partial charge in [-0.2, -0.15) is 0 Å². The van der Waals surface area contributed by atoms with Gasteiger partial charge in [-0.3, -0.25) is 9.36 Å². The molecule has 1 amide bonds. The van der Waals surface area contributed by atoms with Gasteiger partial charge in [0.25, 0.3) is 0 Å². The predicted octanol–water partition coefficient (Wildman–Crippen LogP) is 3.07. The molecule has 1 aromatic heterocycles. The van der Waals surface area contributed by atoms with Crippen molar-refractivity contribution in [3.8, 4) is 5.69 Å². The van der Waals surface area contributed by atoms with E-state index in [0.29, 0.717) is 6.42 Å². The fraction of sp³-hybridized carbons (Fsp3) is 0.167. The maximum atomic E-state index is 12.3. The van der Waals surface area contributed by atoms with E-state index >= 15 is 0 Å². The van der Waals surface area contributed by atoms with Gasteiger partial charge in [0, 0.05) is 11.4 Å². The van der Waals surface area contributed by atoms with Gasteiger partial charge in [-0.25, -0.2) is 0 Å². The van der Waals surface area contributed by atoms with Crippen LogP contribution in [0.3, 0.4) is 0 Å². The summed E-state index contributed by atoms with van der Waals surface area (Å²) < 4.78 is 1.84. The molecule has 0 spiro atoms. The van der Waals surface area contributed by atoms with E-state index in [1.54, 1.807) is 12.7 Å². The van der Waals surface area contributed by atoms with Crippen molar-refractivity contribution in [2.75, 3.05) is 5.32 Å². The number of aryl methyl sites for hydroxylation is 2. The lowest BCUT2D eigenvalue weighted by atomic mass is 10.1. The molecule has 3 rings (SSSR count). The molecular weight excluding hydrogens is 288 g/mol. The fourth-order valence-corrected chi connectivity index (χ4v) is 2.59. The van der Waals surface area contributed by atoms with Crippen molar-refractivity contribution in [3.63, 3.8) is 0 Å². The van der Waals surface area contributed by atoms with Crippen LogP contribution in [-0.4, -0.2) is 20.7 Å². The molecule has 23 heavy (non-hydrogen) atoms. The smallest absolute Gasteiger partial charge is 0.228 e. The third-order valence-corrected chi connectivity index (χ3v) is 3.71. The number of carbonyl (C=O) groups excluding carboxylic acids is 1. The molecule has 0 atom stereocenters. The van der Waals surface area contributed by atoms with Crippen molar-refractivity contribution in [1.29, 1.82) is 0 Å². The number of amides is 1. The van der Waals surface area contributed by atoms with Gasteiger partial charge in [0.15, 0.2) is 0 Å². The van der Waals surface area contributed by atoms with Gasteiger partial charge in [-0.1, -0.05) is 30.3 Å². The Kier molecular flexibility index (Phi) is 4.19. The molecule has 116 valence electrons. The molecule has 0 unspecified atom stereocenters. The lowest BCUT2D eigenvalue weighted by Gasteiger charge is -2.14. The molecule has 0 fully saturated rings. The number of benzene rings is 2. The monoisotopic (exact) mass is 306 g/mol. The molecular formula is C18H18N4O. The number of carbonyl (C=O) groups is 1. The summed E-state index contributed by atoms with van der Waals surface area (Å²) in [7, 11) is 0. The standard InChI is InChI=1S/C18H18N4O/c1-13-8-16(22-11-19-20-12-22)9-14(2)18(13)21-17(23)10-15-6-4-3-5-7-15/h3-9,11-12H,10H2,1-2H3,(H,21,23). The molecule has 5 nitrogen and oxygen atoms in total. The van der Waals surface area contributed by atoms with Crippen LogP contribution in [-0.2, 0) is 11.2 Å². The van der Waals surface area contributed by atoms with Crippen LogP contribution in [0, 0.1) is 13.8 Å². The Morgan fingerprint density at radius 3 is 2.26 bits per heavy atom. The summed E-state index contributed by atoms with van der Waals surface area (Å²) in [4.78, 5) is 12.3. The van der Waals surface area contributed by atoms with Crippen molar-refractivity contribution >= 4 is 11.6 Å². The molecule has 2 aromatic carbocycles. The van der Waals surface area contributed by atoms with Gasteiger partial charge in [-0.05, 0) is 42.7 Å². The largest absolute Gasteiger partial charge is 0.325 e. The summed E-state index contributed by atoms with van der Waals surface area (Å²) >= 11 is 0. The van der Waals surface area contributed by atoms with Gasteiger partial charge in [0.05, 0.1) is 6.42 Å². The van der Waals surface area contributed by atoms with Crippen LogP contribution in [0.1, 0.15) is 16.7 Å². The Balaban J connectivity index is 1.79. The summed E-state index contributed by atoms with van der Waals surface area (Å²) in [6, 6.07) is 13.7. The summed E-state index contributed by atoms with van der Waals surface area (Å²) in [6.45, 7) is 3.97. The molecule has 0 saturated carbocycles. The minimum atomic E-state index is -0.0144. The Morgan fingerprint density at radius 2 is 1.65 bits per heavy atom. The molecule has 1 N–H and O–H groups in total. The van der Waals surface area contributed by atoms with E-state index < -0.39 is 0 Å². The Bertz CT molecular complexity index is 787. The summed E-state index contributed by atoms with van der Waals surface area (Å²) in [6.07, 6.45) is 3.68. The predicted molar refractivity (Wildman–Crippen MR) is 89.6 cm³/mol. The van der Waals surface area contributed by atoms with Crippen LogP contribution in [0.15, 0.2) is 55.1 Å². The Morgan fingerprint density at radius 1 is 1.04 bits per heavy atom. The summed E-state index contributed by atoms with van der Waals surface area (Å²) in [5.41, 5.74) is 4.86. The molecule has 0 aliphatic carbocycles. The van der Waals surface area contributed by atoms with Gasteiger partial charge in [-0.15, -0.1) is 10.2 Å². The number of hydrogen-bond donors (Lipinski definition) is 1. The molecule has 0 aliphatic heterocycles. The van der Waals surface area contributed by atoms with E-state index in [2.05, 4.69) is 15.5 Å². The number of hydrogen-bond acceptors (Lipinski definition) is 3. The Hall–Kier alpha value is -2.95. The van der Waals surface area contributed by atoms with E-state index in [9.17, 15) is 4.79 Å². The second kappa shape index (κ2) is 6.44. The Labute approximate surface area is 135 Å². The zero-order valence-corrected chi connectivity index (χ0v) is 13.2. The maximum absolute atomic E-state index is 12.3. The third-order valence-electron chi connectivity index (χ3n) is 3.71. The van der Waals surface area contributed by atoms with E-state index in [1.807, 2.05) is 60.9 Å². The SMILES string of the molecule is Cc1cc(-n2cnnc2)cc(C)c1NC(=O)Cc1ccccc1. The average Bonchev–Trinajstić information content (AvgIpc) is 3.06. The van der Waals surface area contributed by atoms with Crippen LogP contribution in [0.5, 0.6) is 0 Å². The average molecular weight is 306 g/mol. The van der Waals surface area contributed by atoms with Crippen molar-refractivity contribution in [2.24, 2.45) is 0 Å². The second-order valence-corrected chi connectivity index (χ2v) is 5.53. The number of nitrogens with zero attached hydrogens (tertiary/aromatic N) is 3. The normalized spacial score (nSPS) is 10.5. The number of nitrogens with one attached hydrogen (secondary N) is 1. The van der Waals surface area contributed by atoms with Crippen LogP contribution >= 0.6 is 0 Å². The van der Waals surface area contributed by atoms with Crippen molar-refractivity contribution < 1.29 is 4.79 Å². The van der Waals surface area contributed by atoms with Gasteiger partial charge >= 0.3 is 0 Å². The van der Waals surface area contributed by atoms with Crippen LogP contribution < -0.4 is 5.32 Å². The zero-order valence-electron chi connectivity index (χ0n) is 13.2.